The van der Waals surface area contributed by atoms with Gasteiger partial charge in [0.1, 0.15) is 0 Å². The molecule has 3 aromatic rings. The lowest BCUT2D eigenvalue weighted by Crippen LogP contribution is -2.42. The number of piperidine rings is 1. The van der Waals surface area contributed by atoms with Gasteiger partial charge < -0.3 is 15.3 Å². The Labute approximate surface area is 156 Å². The van der Waals surface area contributed by atoms with Crippen LogP contribution in [0.5, 0.6) is 0 Å². The summed E-state index contributed by atoms with van der Waals surface area (Å²) in [6.07, 6.45) is 2.95. The van der Waals surface area contributed by atoms with Gasteiger partial charge in [-0.1, -0.05) is 18.2 Å². The van der Waals surface area contributed by atoms with Crippen molar-refractivity contribution >= 4 is 34.0 Å². The van der Waals surface area contributed by atoms with Crippen molar-refractivity contribution in [3.63, 3.8) is 0 Å². The summed E-state index contributed by atoms with van der Waals surface area (Å²) in [5, 5.41) is 16.5. The number of likely N-dealkylation sites (tertiary alicyclic amines) is 1. The molecule has 5 nitrogen and oxygen atoms in total. The van der Waals surface area contributed by atoms with Crippen molar-refractivity contribution < 1.29 is 9.90 Å². The van der Waals surface area contributed by atoms with Gasteiger partial charge in [0.05, 0.1) is 11.6 Å². The fraction of sp³-hybridized carbons (Fsp3) is 0.300. The molecule has 2 aromatic heterocycles. The number of benzene rings is 1. The van der Waals surface area contributed by atoms with Gasteiger partial charge in [-0.25, -0.2) is 4.79 Å². The zero-order chi connectivity index (χ0) is 17.9. The second-order valence-electron chi connectivity index (χ2n) is 6.63. The molecule has 26 heavy (non-hydrogen) atoms. The van der Waals surface area contributed by atoms with Crippen LogP contribution in [-0.2, 0) is 0 Å². The van der Waals surface area contributed by atoms with Crippen molar-refractivity contribution in [1.82, 2.24) is 9.88 Å². The molecule has 1 aromatic carbocycles. The number of fused-ring (bicyclic) bond motifs is 1. The molecule has 1 saturated heterocycles. The van der Waals surface area contributed by atoms with E-state index in [2.05, 4.69) is 10.3 Å². The molecule has 0 saturated carbocycles. The number of hydrogen-bond donors (Lipinski definition) is 2. The van der Waals surface area contributed by atoms with E-state index in [1.807, 2.05) is 52.7 Å². The van der Waals surface area contributed by atoms with Crippen LogP contribution in [0.25, 0.3) is 10.9 Å². The molecule has 1 fully saturated rings. The Morgan fingerprint density at radius 2 is 2.08 bits per heavy atom. The van der Waals surface area contributed by atoms with Crippen LogP contribution in [-0.4, -0.2) is 34.1 Å². The second-order valence-corrected chi connectivity index (χ2v) is 7.61. The number of nitrogens with one attached hydrogen (secondary N) is 1. The predicted octanol–water partition coefficient (Wildman–Crippen LogP) is 4.27. The summed E-state index contributed by atoms with van der Waals surface area (Å²) in [4.78, 5) is 19.7. The number of carbonyl (C=O) groups excluding carboxylic acids is 1. The van der Waals surface area contributed by atoms with Gasteiger partial charge in [0, 0.05) is 35.2 Å². The number of anilines is 1. The molecule has 0 radical (unpaired) electrons. The van der Waals surface area contributed by atoms with E-state index in [1.54, 1.807) is 17.5 Å². The number of thiophene rings is 1. The minimum Gasteiger partial charge on any atom is -0.387 e. The third-order valence-electron chi connectivity index (χ3n) is 4.97. The minimum absolute atomic E-state index is 0.0932. The first-order valence-corrected chi connectivity index (χ1v) is 9.71. The SMILES string of the molecule is O=C(Nc1ccc2cccnc2c1)N1CCC(C(O)c2cccs2)CC1. The number of aliphatic hydroxyl groups excluding tert-OH is 1. The summed E-state index contributed by atoms with van der Waals surface area (Å²) < 4.78 is 0. The fourth-order valence-corrected chi connectivity index (χ4v) is 4.26. The molecule has 2 amide bonds. The number of rotatable bonds is 3. The van der Waals surface area contributed by atoms with Crippen molar-refractivity contribution in [2.24, 2.45) is 5.92 Å². The standard InChI is InChI=1S/C20H21N3O2S/c24-19(18-4-2-12-26-18)15-7-10-23(11-8-15)20(25)22-16-6-5-14-3-1-9-21-17(14)13-16/h1-6,9,12-13,15,19,24H,7-8,10-11H2,(H,22,25). The topological polar surface area (TPSA) is 65.5 Å². The van der Waals surface area contributed by atoms with E-state index in [1.165, 1.54) is 0 Å². The molecule has 3 heterocycles. The molecular formula is C20H21N3O2S. The van der Waals surface area contributed by atoms with Crippen molar-refractivity contribution in [1.29, 1.82) is 0 Å². The third kappa shape index (κ3) is 3.57. The molecule has 6 heteroatoms. The molecule has 134 valence electrons. The molecule has 1 aliphatic heterocycles. The van der Waals surface area contributed by atoms with Crippen molar-refractivity contribution in [3.8, 4) is 0 Å². The van der Waals surface area contributed by atoms with Crippen LogP contribution in [0.3, 0.4) is 0 Å². The molecule has 0 bridgehead atoms. The quantitative estimate of drug-likeness (QED) is 0.726. The van der Waals surface area contributed by atoms with E-state index < -0.39 is 6.10 Å². The van der Waals surface area contributed by atoms with E-state index in [0.717, 1.165) is 34.3 Å². The lowest BCUT2D eigenvalue weighted by Gasteiger charge is -2.34. The molecule has 1 unspecified atom stereocenters. The number of aliphatic hydroxyl groups is 1. The van der Waals surface area contributed by atoms with Gasteiger partial charge >= 0.3 is 6.03 Å². The Kier molecular flexibility index (Phi) is 4.86. The average molecular weight is 367 g/mol. The first kappa shape index (κ1) is 17.0. The number of pyridine rings is 1. The fourth-order valence-electron chi connectivity index (χ4n) is 3.46. The maximum atomic E-state index is 12.5. The number of amides is 2. The normalized spacial score (nSPS) is 16.6. The average Bonchev–Trinajstić information content (AvgIpc) is 3.22. The summed E-state index contributed by atoms with van der Waals surface area (Å²) in [5.74, 6) is 0.211. The molecule has 0 spiro atoms. The van der Waals surface area contributed by atoms with Crippen molar-refractivity contribution in [2.75, 3.05) is 18.4 Å². The number of carbonyl (C=O) groups is 1. The number of hydrogen-bond acceptors (Lipinski definition) is 4. The lowest BCUT2D eigenvalue weighted by atomic mass is 9.90. The number of nitrogens with zero attached hydrogens (tertiary/aromatic N) is 2. The molecule has 1 atom stereocenters. The highest BCUT2D eigenvalue weighted by Crippen LogP contribution is 2.33. The van der Waals surface area contributed by atoms with E-state index >= 15 is 0 Å². The summed E-state index contributed by atoms with van der Waals surface area (Å²) >= 11 is 1.59. The Hall–Kier alpha value is -2.44. The zero-order valence-electron chi connectivity index (χ0n) is 14.3. The number of aromatic nitrogens is 1. The highest BCUT2D eigenvalue weighted by Gasteiger charge is 2.28. The maximum absolute atomic E-state index is 12.5. The van der Waals surface area contributed by atoms with Crippen LogP contribution in [0.2, 0.25) is 0 Å². The Morgan fingerprint density at radius 1 is 1.23 bits per heavy atom. The van der Waals surface area contributed by atoms with Crippen molar-refractivity contribution in [2.45, 2.75) is 18.9 Å². The van der Waals surface area contributed by atoms with E-state index in [-0.39, 0.29) is 11.9 Å². The van der Waals surface area contributed by atoms with Crippen LogP contribution in [0.1, 0.15) is 23.8 Å². The molecule has 1 aliphatic rings. The van der Waals surface area contributed by atoms with Gasteiger partial charge in [-0.15, -0.1) is 11.3 Å². The Morgan fingerprint density at radius 3 is 2.85 bits per heavy atom. The van der Waals surface area contributed by atoms with E-state index in [4.69, 9.17) is 0 Å². The summed E-state index contributed by atoms with van der Waals surface area (Å²) in [6.45, 7) is 1.32. The van der Waals surface area contributed by atoms with Crippen molar-refractivity contribution in [3.05, 3.63) is 58.9 Å². The van der Waals surface area contributed by atoms with Gasteiger partial charge in [-0.05, 0) is 48.4 Å². The first-order chi connectivity index (χ1) is 12.7. The van der Waals surface area contributed by atoms with Crippen LogP contribution in [0, 0.1) is 5.92 Å². The first-order valence-electron chi connectivity index (χ1n) is 8.83. The highest BCUT2D eigenvalue weighted by molar-refractivity contribution is 7.10. The molecular weight excluding hydrogens is 346 g/mol. The Bertz CT molecular complexity index is 889. The van der Waals surface area contributed by atoms with Gasteiger partial charge in [0.15, 0.2) is 0 Å². The zero-order valence-corrected chi connectivity index (χ0v) is 15.2. The smallest absolute Gasteiger partial charge is 0.321 e. The van der Waals surface area contributed by atoms with Gasteiger partial charge in [0.2, 0.25) is 0 Å². The van der Waals surface area contributed by atoms with Crippen LogP contribution < -0.4 is 5.32 Å². The van der Waals surface area contributed by atoms with Gasteiger partial charge in [0.25, 0.3) is 0 Å². The summed E-state index contributed by atoms with van der Waals surface area (Å²) in [7, 11) is 0. The van der Waals surface area contributed by atoms with E-state index in [0.29, 0.717) is 13.1 Å². The lowest BCUT2D eigenvalue weighted by molar-refractivity contribution is 0.0708. The minimum atomic E-state index is -0.424. The molecule has 2 N–H and O–H groups in total. The number of urea groups is 1. The Balaban J connectivity index is 1.35. The van der Waals surface area contributed by atoms with Crippen LogP contribution in [0.4, 0.5) is 10.5 Å². The van der Waals surface area contributed by atoms with E-state index in [9.17, 15) is 9.90 Å². The molecule has 4 rings (SSSR count). The monoisotopic (exact) mass is 367 g/mol. The van der Waals surface area contributed by atoms with Crippen LogP contribution in [0.15, 0.2) is 54.0 Å². The van der Waals surface area contributed by atoms with Gasteiger partial charge in [-0.3, -0.25) is 4.98 Å². The highest BCUT2D eigenvalue weighted by atomic mass is 32.1. The predicted molar refractivity (Wildman–Crippen MR) is 104 cm³/mol. The summed E-state index contributed by atoms with van der Waals surface area (Å²) in [6, 6.07) is 13.5. The molecule has 0 aliphatic carbocycles. The summed E-state index contributed by atoms with van der Waals surface area (Å²) in [5.41, 5.74) is 1.62. The largest absolute Gasteiger partial charge is 0.387 e. The van der Waals surface area contributed by atoms with Crippen LogP contribution >= 0.6 is 11.3 Å². The second kappa shape index (κ2) is 7.43. The van der Waals surface area contributed by atoms with Gasteiger partial charge in [-0.2, -0.15) is 0 Å². The maximum Gasteiger partial charge on any atom is 0.321 e. The third-order valence-corrected chi connectivity index (χ3v) is 5.91.